The van der Waals surface area contributed by atoms with Crippen LogP contribution in [0.5, 0.6) is 0 Å². The fourth-order valence-corrected chi connectivity index (χ4v) is 7.53. The van der Waals surface area contributed by atoms with Crippen molar-refractivity contribution in [2.45, 2.75) is 69.0 Å². The van der Waals surface area contributed by atoms with E-state index in [9.17, 15) is 0 Å². The molecule has 0 saturated carbocycles. The third kappa shape index (κ3) is 3.11. The predicted molar refractivity (Wildman–Crippen MR) is 148 cm³/mol. The minimum absolute atomic E-state index is 0.00967. The molecule has 7 atom stereocenters. The summed E-state index contributed by atoms with van der Waals surface area (Å²) in [6.07, 6.45) is 3.22. The Labute approximate surface area is 227 Å². The molecule has 3 aliphatic carbocycles. The van der Waals surface area contributed by atoms with Gasteiger partial charge in [0.2, 0.25) is 11.8 Å². The molecule has 194 valence electrons. The molecule has 6 aliphatic rings. The number of ether oxygens (including phenoxy) is 3. The number of rotatable bonds is 4. The average molecular weight is 516 g/mol. The van der Waals surface area contributed by atoms with Gasteiger partial charge < -0.3 is 14.2 Å². The first-order valence-electron chi connectivity index (χ1n) is 14.1. The van der Waals surface area contributed by atoms with Crippen LogP contribution in [-0.4, -0.2) is 36.0 Å². The summed E-state index contributed by atoms with van der Waals surface area (Å²) in [5, 5.41) is 0. The fraction of sp³-hybridized carbons (Fsp3) is 0.364. The van der Waals surface area contributed by atoms with Crippen LogP contribution in [0.25, 0.3) is 0 Å². The molecule has 39 heavy (non-hydrogen) atoms. The summed E-state index contributed by atoms with van der Waals surface area (Å²) in [4.78, 5) is 15.5. The molecule has 0 fully saturated rings. The van der Waals surface area contributed by atoms with E-state index in [2.05, 4.69) is 79.7 Å². The van der Waals surface area contributed by atoms with Gasteiger partial charge in [0.1, 0.15) is 41.9 Å². The molecule has 0 spiro atoms. The summed E-state index contributed by atoms with van der Waals surface area (Å²) in [7, 11) is 0. The van der Waals surface area contributed by atoms with Gasteiger partial charge in [-0.1, -0.05) is 72.8 Å². The molecule has 3 heterocycles. The van der Waals surface area contributed by atoms with Crippen molar-refractivity contribution in [3.05, 3.63) is 106 Å². The zero-order chi connectivity index (χ0) is 25.7. The van der Waals surface area contributed by atoms with Crippen LogP contribution >= 0.6 is 0 Å². The van der Waals surface area contributed by atoms with Gasteiger partial charge in [0.05, 0.1) is 0 Å². The predicted octanol–water partition coefficient (Wildman–Crippen LogP) is 5.67. The van der Waals surface area contributed by atoms with Crippen molar-refractivity contribution in [1.82, 2.24) is 0 Å². The normalized spacial score (nSPS) is 31.8. The van der Waals surface area contributed by atoms with Crippen LogP contribution < -0.4 is 0 Å². The van der Waals surface area contributed by atoms with Gasteiger partial charge in [-0.3, -0.25) is 0 Å². The molecule has 0 amide bonds. The molecular weight excluding hydrogens is 486 g/mol. The number of nitrogens with zero attached hydrogens (tertiary/aromatic N) is 3. The second-order valence-corrected chi connectivity index (χ2v) is 11.9. The fourth-order valence-electron chi connectivity index (χ4n) is 7.53. The standard InChI is InChI=1S/C33H29N3O3/c1-33(31-35-29-22-12-6-3-9-19(22)15-25(29)38-31,32-36-30-23-13-7-4-10-20(23)16-26(30)39-32)17-27-34-28-21-11-5-2-8-18(21)14-24(28)37-27/h2-13,24-26,28-30H,14-17H2,1H3/t24-,25-,26+,28+,29+,30-,33?/m1/s1. The lowest BCUT2D eigenvalue weighted by atomic mass is 9.85. The monoisotopic (exact) mass is 515 g/mol. The summed E-state index contributed by atoms with van der Waals surface area (Å²) < 4.78 is 19.9. The SMILES string of the molecule is CC(CC1=N[C@H]2c3ccccc3C[C@H]2O1)(C1=N[C@@H]2c3ccccc3C[C@@H]2O1)C1=N[C@H]2c3ccccc3C[C@H]2O1. The first kappa shape index (κ1) is 21.9. The van der Waals surface area contributed by atoms with Crippen LogP contribution in [0.15, 0.2) is 87.8 Å². The molecule has 6 heteroatoms. The zero-order valence-corrected chi connectivity index (χ0v) is 21.8. The zero-order valence-electron chi connectivity index (χ0n) is 21.8. The highest BCUT2D eigenvalue weighted by Crippen LogP contribution is 2.49. The third-order valence-corrected chi connectivity index (χ3v) is 9.50. The minimum Gasteiger partial charge on any atom is -0.475 e. The Morgan fingerprint density at radius 2 is 1.00 bits per heavy atom. The largest absolute Gasteiger partial charge is 0.475 e. The van der Waals surface area contributed by atoms with E-state index in [1.165, 1.54) is 33.4 Å². The van der Waals surface area contributed by atoms with Crippen LogP contribution in [0.4, 0.5) is 0 Å². The van der Waals surface area contributed by atoms with Gasteiger partial charge in [0, 0.05) is 25.7 Å². The minimum atomic E-state index is -0.699. The highest BCUT2D eigenvalue weighted by Gasteiger charge is 2.54. The number of hydrogen-bond donors (Lipinski definition) is 0. The molecule has 0 N–H and O–H groups in total. The highest BCUT2D eigenvalue weighted by atomic mass is 16.5. The maximum atomic E-state index is 6.68. The Morgan fingerprint density at radius 3 is 1.49 bits per heavy atom. The van der Waals surface area contributed by atoms with E-state index in [1.54, 1.807) is 0 Å². The summed E-state index contributed by atoms with van der Waals surface area (Å²) in [6.45, 7) is 2.15. The first-order chi connectivity index (χ1) is 19.1. The van der Waals surface area contributed by atoms with E-state index in [-0.39, 0.29) is 36.4 Å². The summed E-state index contributed by atoms with van der Waals surface area (Å²) >= 11 is 0. The topological polar surface area (TPSA) is 64.8 Å². The van der Waals surface area contributed by atoms with Gasteiger partial charge in [0.15, 0.2) is 5.90 Å². The Morgan fingerprint density at radius 1 is 0.590 bits per heavy atom. The summed E-state index contributed by atoms with van der Waals surface area (Å²) in [5.41, 5.74) is 7.10. The van der Waals surface area contributed by atoms with E-state index in [1.807, 2.05) is 0 Å². The first-order valence-corrected chi connectivity index (χ1v) is 14.1. The Kier molecular flexibility index (Phi) is 4.39. The van der Waals surface area contributed by atoms with Gasteiger partial charge in [-0.25, -0.2) is 15.0 Å². The molecule has 3 aromatic carbocycles. The molecule has 0 saturated heterocycles. The molecule has 0 aromatic heterocycles. The summed E-state index contributed by atoms with van der Waals surface area (Å²) in [5.74, 6) is 2.14. The Hall–Kier alpha value is -3.93. The molecule has 3 aromatic rings. The Balaban J connectivity index is 1.10. The molecular formula is C33H29N3O3. The lowest BCUT2D eigenvalue weighted by molar-refractivity contribution is 0.162. The third-order valence-electron chi connectivity index (χ3n) is 9.50. The lowest BCUT2D eigenvalue weighted by Crippen LogP contribution is -2.41. The van der Waals surface area contributed by atoms with Gasteiger partial charge in [-0.05, 0) is 40.3 Å². The van der Waals surface area contributed by atoms with Crippen molar-refractivity contribution in [2.75, 3.05) is 0 Å². The van der Waals surface area contributed by atoms with Gasteiger partial charge in [-0.15, -0.1) is 0 Å². The smallest absolute Gasteiger partial charge is 0.200 e. The van der Waals surface area contributed by atoms with Crippen molar-refractivity contribution in [1.29, 1.82) is 0 Å². The average Bonchev–Trinajstić information content (AvgIpc) is 3.76. The van der Waals surface area contributed by atoms with E-state index >= 15 is 0 Å². The van der Waals surface area contributed by atoms with Crippen molar-refractivity contribution < 1.29 is 14.2 Å². The number of aliphatic imine (C=N–C) groups is 3. The van der Waals surface area contributed by atoms with Gasteiger partial charge in [-0.2, -0.15) is 0 Å². The number of benzene rings is 3. The summed E-state index contributed by atoms with van der Waals surface area (Å²) in [6, 6.07) is 25.7. The quantitative estimate of drug-likeness (QED) is 0.450. The number of fused-ring (bicyclic) bond motifs is 9. The van der Waals surface area contributed by atoms with Gasteiger partial charge in [0.25, 0.3) is 0 Å². The highest BCUT2D eigenvalue weighted by molar-refractivity contribution is 6.09. The molecule has 3 aliphatic heterocycles. The van der Waals surface area contributed by atoms with Crippen LogP contribution in [0.3, 0.4) is 0 Å². The molecule has 0 bridgehead atoms. The molecule has 6 nitrogen and oxygen atoms in total. The van der Waals surface area contributed by atoms with Crippen LogP contribution in [0, 0.1) is 5.41 Å². The maximum Gasteiger partial charge on any atom is 0.200 e. The van der Waals surface area contributed by atoms with Gasteiger partial charge >= 0.3 is 0 Å². The second kappa shape index (κ2) is 7.81. The Bertz CT molecular complexity index is 1550. The van der Waals surface area contributed by atoms with Crippen LogP contribution in [0.2, 0.25) is 0 Å². The van der Waals surface area contributed by atoms with E-state index in [0.29, 0.717) is 18.2 Å². The van der Waals surface area contributed by atoms with Crippen molar-refractivity contribution >= 4 is 17.7 Å². The second-order valence-electron chi connectivity index (χ2n) is 11.9. The van der Waals surface area contributed by atoms with E-state index < -0.39 is 5.41 Å². The van der Waals surface area contributed by atoms with Crippen molar-refractivity contribution in [3.63, 3.8) is 0 Å². The van der Waals surface area contributed by atoms with Crippen molar-refractivity contribution in [2.24, 2.45) is 20.4 Å². The lowest BCUT2D eigenvalue weighted by Gasteiger charge is -2.29. The van der Waals surface area contributed by atoms with Crippen LogP contribution in [-0.2, 0) is 33.5 Å². The van der Waals surface area contributed by atoms with Crippen molar-refractivity contribution in [3.8, 4) is 0 Å². The molecule has 0 radical (unpaired) electrons. The van der Waals surface area contributed by atoms with E-state index in [4.69, 9.17) is 29.2 Å². The maximum absolute atomic E-state index is 6.68. The number of hydrogen-bond acceptors (Lipinski definition) is 6. The molecule has 1 unspecified atom stereocenters. The van der Waals surface area contributed by atoms with Crippen LogP contribution in [0.1, 0.15) is 64.9 Å². The van der Waals surface area contributed by atoms with E-state index in [0.717, 1.165) is 25.2 Å². The molecule has 9 rings (SSSR count).